The molecule has 35 heavy (non-hydrogen) atoms. The molecule has 182 valence electrons. The first-order valence-electron chi connectivity index (χ1n) is 11.6. The standard InChI is InChI=1S/C25H26FN5O4/c26-21-14-31(24(32)10-17-2-3-19(13-28-17)34-18-4-5-18)8-7-23(21)35-22-6-1-15(9-20(22)25(27)33)16-11-29-30-12-16/h1-3,6,9,11-13,18,21,23H,4-5,7-8,10,14H2,(H2,27,33)(H,29,30)/t21-,23-/m0/s1. The van der Waals surface area contributed by atoms with Crippen LogP contribution in [0.15, 0.2) is 48.9 Å². The fourth-order valence-electron chi connectivity index (χ4n) is 4.05. The fraction of sp³-hybridized carbons (Fsp3) is 0.360. The van der Waals surface area contributed by atoms with Crippen LogP contribution in [0.5, 0.6) is 11.5 Å². The number of aromatic nitrogens is 3. The zero-order chi connectivity index (χ0) is 24.4. The Balaban J connectivity index is 1.19. The van der Waals surface area contributed by atoms with Crippen LogP contribution in [0.1, 0.15) is 35.3 Å². The molecule has 1 saturated heterocycles. The van der Waals surface area contributed by atoms with Gasteiger partial charge < -0.3 is 20.1 Å². The number of rotatable bonds is 8. The number of hydrogen-bond donors (Lipinski definition) is 2. The van der Waals surface area contributed by atoms with Crippen molar-refractivity contribution in [3.63, 3.8) is 0 Å². The van der Waals surface area contributed by atoms with E-state index >= 15 is 4.39 Å². The van der Waals surface area contributed by atoms with E-state index in [9.17, 15) is 9.59 Å². The van der Waals surface area contributed by atoms with Crippen molar-refractivity contribution in [2.24, 2.45) is 5.73 Å². The summed E-state index contributed by atoms with van der Waals surface area (Å²) in [5.74, 6) is 0.0414. The molecule has 2 amide bonds. The Bertz CT molecular complexity index is 1200. The van der Waals surface area contributed by atoms with Gasteiger partial charge in [-0.2, -0.15) is 5.10 Å². The first-order valence-corrected chi connectivity index (χ1v) is 11.6. The number of nitrogens with zero attached hydrogens (tertiary/aromatic N) is 3. The summed E-state index contributed by atoms with van der Waals surface area (Å²) in [6.07, 6.45) is 5.50. The summed E-state index contributed by atoms with van der Waals surface area (Å²) in [7, 11) is 0. The Kier molecular flexibility index (Phi) is 6.35. The van der Waals surface area contributed by atoms with Gasteiger partial charge in [0.05, 0.1) is 37.0 Å². The average molecular weight is 480 g/mol. The lowest BCUT2D eigenvalue weighted by molar-refractivity contribution is -0.134. The smallest absolute Gasteiger partial charge is 0.252 e. The van der Waals surface area contributed by atoms with E-state index in [1.807, 2.05) is 0 Å². The largest absolute Gasteiger partial charge is 0.489 e. The third kappa shape index (κ3) is 5.42. The molecule has 3 N–H and O–H groups in total. The maximum absolute atomic E-state index is 15.0. The number of primary amides is 1. The number of piperidine rings is 1. The van der Waals surface area contributed by atoms with Crippen LogP contribution < -0.4 is 15.2 Å². The van der Waals surface area contributed by atoms with Crippen LogP contribution in [0, 0.1) is 0 Å². The summed E-state index contributed by atoms with van der Waals surface area (Å²) in [4.78, 5) is 30.5. The number of hydrogen-bond acceptors (Lipinski definition) is 6. The summed E-state index contributed by atoms with van der Waals surface area (Å²) in [5, 5.41) is 6.61. The first-order chi connectivity index (χ1) is 17.0. The predicted molar refractivity (Wildman–Crippen MR) is 125 cm³/mol. The van der Waals surface area contributed by atoms with Crippen LogP contribution in [0.3, 0.4) is 0 Å². The number of nitrogens with two attached hydrogens (primary N) is 1. The number of carbonyl (C=O) groups is 2. The molecular formula is C25H26FN5O4. The van der Waals surface area contributed by atoms with E-state index in [0.717, 1.165) is 24.0 Å². The van der Waals surface area contributed by atoms with Crippen LogP contribution in [0.25, 0.3) is 11.1 Å². The van der Waals surface area contributed by atoms with E-state index < -0.39 is 18.2 Å². The van der Waals surface area contributed by atoms with Gasteiger partial charge in [0, 0.05) is 30.4 Å². The molecule has 5 rings (SSSR count). The van der Waals surface area contributed by atoms with E-state index in [4.69, 9.17) is 15.2 Å². The lowest BCUT2D eigenvalue weighted by Crippen LogP contribution is -2.49. The normalized spacial score (nSPS) is 19.9. The van der Waals surface area contributed by atoms with Crippen LogP contribution in [-0.4, -0.2) is 63.4 Å². The molecule has 1 saturated carbocycles. The Hall–Kier alpha value is -3.95. The van der Waals surface area contributed by atoms with Gasteiger partial charge in [0.25, 0.3) is 5.91 Å². The summed E-state index contributed by atoms with van der Waals surface area (Å²) in [5.41, 5.74) is 7.83. The van der Waals surface area contributed by atoms with Crippen molar-refractivity contribution in [2.75, 3.05) is 13.1 Å². The number of H-pyrrole nitrogens is 1. The van der Waals surface area contributed by atoms with Gasteiger partial charge in [-0.15, -0.1) is 0 Å². The van der Waals surface area contributed by atoms with Gasteiger partial charge in [0.1, 0.15) is 17.6 Å². The second-order valence-electron chi connectivity index (χ2n) is 8.84. The molecule has 0 bridgehead atoms. The zero-order valence-corrected chi connectivity index (χ0v) is 19.0. The van der Waals surface area contributed by atoms with Gasteiger partial charge in [-0.3, -0.25) is 19.7 Å². The Morgan fingerprint density at radius 2 is 1.97 bits per heavy atom. The predicted octanol–water partition coefficient (Wildman–Crippen LogP) is 2.67. The SMILES string of the molecule is NC(=O)c1cc(-c2cn[nH]c2)ccc1O[C@H]1CCN(C(=O)Cc2ccc(OC3CC3)cn2)C[C@@H]1F. The topological polar surface area (TPSA) is 123 Å². The summed E-state index contributed by atoms with van der Waals surface area (Å²) >= 11 is 0. The number of halogens is 1. The molecular weight excluding hydrogens is 453 g/mol. The highest BCUT2D eigenvalue weighted by atomic mass is 19.1. The number of benzene rings is 1. The van der Waals surface area contributed by atoms with Crippen LogP contribution >= 0.6 is 0 Å². The molecule has 9 nitrogen and oxygen atoms in total. The van der Waals surface area contributed by atoms with Gasteiger partial charge in [0.15, 0.2) is 6.17 Å². The van der Waals surface area contributed by atoms with Crippen LogP contribution in [0.2, 0.25) is 0 Å². The molecule has 0 unspecified atom stereocenters. The number of ether oxygens (including phenoxy) is 2. The van der Waals surface area contributed by atoms with Crippen LogP contribution in [0.4, 0.5) is 4.39 Å². The van der Waals surface area contributed by atoms with Crippen molar-refractivity contribution in [1.29, 1.82) is 0 Å². The molecule has 2 aromatic heterocycles. The molecule has 3 aromatic rings. The number of likely N-dealkylation sites (tertiary alicyclic amines) is 1. The fourth-order valence-corrected chi connectivity index (χ4v) is 4.05. The lowest BCUT2D eigenvalue weighted by atomic mass is 10.0. The van der Waals surface area contributed by atoms with Crippen molar-refractivity contribution in [3.05, 3.63) is 60.2 Å². The highest BCUT2D eigenvalue weighted by Gasteiger charge is 2.34. The van der Waals surface area contributed by atoms with E-state index in [1.165, 1.54) is 4.90 Å². The summed E-state index contributed by atoms with van der Waals surface area (Å²) in [6, 6.07) is 8.53. The number of nitrogens with one attached hydrogen (secondary N) is 1. The highest BCUT2D eigenvalue weighted by Crippen LogP contribution is 2.29. The summed E-state index contributed by atoms with van der Waals surface area (Å²) < 4.78 is 26.6. The monoisotopic (exact) mass is 479 g/mol. The van der Waals surface area contributed by atoms with E-state index in [0.29, 0.717) is 18.0 Å². The Labute approximate surface area is 201 Å². The second-order valence-corrected chi connectivity index (χ2v) is 8.84. The van der Waals surface area contributed by atoms with Gasteiger partial charge >= 0.3 is 0 Å². The molecule has 2 atom stereocenters. The van der Waals surface area contributed by atoms with E-state index in [2.05, 4.69) is 15.2 Å². The van der Waals surface area contributed by atoms with Gasteiger partial charge in [-0.1, -0.05) is 6.07 Å². The maximum atomic E-state index is 15.0. The molecule has 0 radical (unpaired) electrons. The minimum absolute atomic E-state index is 0.0866. The highest BCUT2D eigenvalue weighted by molar-refractivity contribution is 5.97. The molecule has 1 aliphatic carbocycles. The molecule has 1 aliphatic heterocycles. The maximum Gasteiger partial charge on any atom is 0.252 e. The Morgan fingerprint density at radius 1 is 1.11 bits per heavy atom. The number of pyridine rings is 1. The number of alkyl halides is 1. The Morgan fingerprint density at radius 3 is 2.63 bits per heavy atom. The molecule has 0 spiro atoms. The molecule has 2 fully saturated rings. The van der Waals surface area contributed by atoms with Crippen LogP contribution in [-0.2, 0) is 11.2 Å². The molecule has 10 heteroatoms. The van der Waals surface area contributed by atoms with E-state index in [-0.39, 0.29) is 42.7 Å². The van der Waals surface area contributed by atoms with E-state index in [1.54, 1.807) is 48.9 Å². The quantitative estimate of drug-likeness (QED) is 0.512. The van der Waals surface area contributed by atoms with Crippen molar-refractivity contribution in [2.45, 2.75) is 44.1 Å². The minimum atomic E-state index is -1.41. The first kappa shape index (κ1) is 22.8. The average Bonchev–Trinajstić information content (AvgIpc) is 3.49. The van der Waals surface area contributed by atoms with Crippen molar-refractivity contribution in [3.8, 4) is 22.6 Å². The van der Waals surface area contributed by atoms with Crippen molar-refractivity contribution >= 4 is 11.8 Å². The minimum Gasteiger partial charge on any atom is -0.489 e. The van der Waals surface area contributed by atoms with Crippen molar-refractivity contribution < 1.29 is 23.5 Å². The van der Waals surface area contributed by atoms with Crippen molar-refractivity contribution in [1.82, 2.24) is 20.1 Å². The molecule has 3 heterocycles. The third-order valence-electron chi connectivity index (χ3n) is 6.15. The summed E-state index contributed by atoms with van der Waals surface area (Å²) in [6.45, 7) is 0.247. The van der Waals surface area contributed by atoms with Gasteiger partial charge in [0.2, 0.25) is 5.91 Å². The molecule has 1 aromatic carbocycles. The zero-order valence-electron chi connectivity index (χ0n) is 19.0. The third-order valence-corrected chi connectivity index (χ3v) is 6.15. The number of aromatic amines is 1. The lowest BCUT2D eigenvalue weighted by Gasteiger charge is -2.35. The number of amides is 2. The second kappa shape index (κ2) is 9.73. The molecule has 2 aliphatic rings. The van der Waals surface area contributed by atoms with Gasteiger partial charge in [-0.05, 0) is 42.7 Å². The number of carbonyl (C=O) groups excluding carboxylic acids is 2. The van der Waals surface area contributed by atoms with Gasteiger partial charge in [-0.25, -0.2) is 4.39 Å².